The molecule has 2 aliphatic rings. The summed E-state index contributed by atoms with van der Waals surface area (Å²) in [4.78, 5) is 4.57. The van der Waals surface area contributed by atoms with Crippen LogP contribution in [0.3, 0.4) is 0 Å². The minimum Gasteiger partial charge on any atom is -0.381 e. The molecule has 1 saturated heterocycles. The largest absolute Gasteiger partial charge is 0.381 e. The van der Waals surface area contributed by atoms with Gasteiger partial charge in [-0.25, -0.2) is 0 Å². The molecule has 1 N–H and O–H groups in total. The molecule has 20 heavy (non-hydrogen) atoms. The third-order valence-electron chi connectivity index (χ3n) is 4.49. The molecule has 2 fully saturated rings. The summed E-state index contributed by atoms with van der Waals surface area (Å²) in [5, 5.41) is 11.4. The molecule has 4 rings (SSSR count). The highest BCUT2D eigenvalue weighted by molar-refractivity contribution is 5.56. The Hall–Kier alpha value is -1.69. The van der Waals surface area contributed by atoms with E-state index in [1.54, 1.807) is 6.20 Å². The van der Waals surface area contributed by atoms with Crippen molar-refractivity contribution in [2.45, 2.75) is 43.9 Å². The lowest BCUT2D eigenvalue weighted by Crippen LogP contribution is -2.15. The number of hydrogen-bond acceptors (Lipinski definition) is 5. The first-order valence-corrected chi connectivity index (χ1v) is 7.22. The third-order valence-corrected chi connectivity index (χ3v) is 4.49. The van der Waals surface area contributed by atoms with Crippen LogP contribution in [0.15, 0.2) is 10.7 Å². The van der Waals surface area contributed by atoms with Crippen molar-refractivity contribution >= 4 is 0 Å². The van der Waals surface area contributed by atoms with E-state index >= 15 is 0 Å². The molecule has 1 saturated carbocycles. The average molecular weight is 274 g/mol. The van der Waals surface area contributed by atoms with E-state index in [0.717, 1.165) is 56.0 Å². The first-order valence-electron chi connectivity index (χ1n) is 7.22. The average Bonchev–Trinajstić information content (AvgIpc) is 2.95. The number of ether oxygens (including phenoxy) is 1. The lowest BCUT2D eigenvalue weighted by atomic mass is 9.94. The summed E-state index contributed by atoms with van der Waals surface area (Å²) < 4.78 is 10.9. The molecule has 0 bridgehead atoms. The molecule has 2 aromatic rings. The maximum atomic E-state index is 5.45. The van der Waals surface area contributed by atoms with E-state index in [9.17, 15) is 0 Å². The van der Waals surface area contributed by atoms with Crippen LogP contribution < -0.4 is 0 Å². The summed E-state index contributed by atoms with van der Waals surface area (Å²) in [6.45, 7) is 3.78. The van der Waals surface area contributed by atoms with Crippen molar-refractivity contribution in [3.8, 4) is 11.5 Å². The highest BCUT2D eigenvalue weighted by atomic mass is 16.5. The van der Waals surface area contributed by atoms with Gasteiger partial charge in [-0.15, -0.1) is 0 Å². The summed E-state index contributed by atoms with van der Waals surface area (Å²) in [6.07, 6.45) is 6.09. The number of aromatic amines is 1. The Balaban J connectivity index is 1.65. The molecular weight excluding hydrogens is 256 g/mol. The zero-order valence-electron chi connectivity index (χ0n) is 11.6. The van der Waals surface area contributed by atoms with Crippen LogP contribution >= 0.6 is 0 Å². The lowest BCUT2D eigenvalue weighted by molar-refractivity contribution is 0.0845. The Morgan fingerprint density at radius 3 is 2.85 bits per heavy atom. The fraction of sp³-hybridized carbons (Fsp3) is 0.643. The molecule has 0 atom stereocenters. The monoisotopic (exact) mass is 274 g/mol. The molecule has 106 valence electrons. The maximum Gasteiger partial charge on any atom is 0.261 e. The van der Waals surface area contributed by atoms with Gasteiger partial charge in [-0.05, 0) is 25.7 Å². The molecule has 0 radical (unpaired) electrons. The smallest absolute Gasteiger partial charge is 0.261 e. The van der Waals surface area contributed by atoms with Crippen molar-refractivity contribution < 1.29 is 9.26 Å². The Bertz CT molecular complexity index is 608. The van der Waals surface area contributed by atoms with Gasteiger partial charge < -0.3 is 9.26 Å². The molecule has 0 spiro atoms. The summed E-state index contributed by atoms with van der Waals surface area (Å²) >= 11 is 0. The van der Waals surface area contributed by atoms with E-state index in [2.05, 4.69) is 27.3 Å². The molecule has 1 aliphatic heterocycles. The lowest BCUT2D eigenvalue weighted by Gasteiger charge is -2.21. The van der Waals surface area contributed by atoms with Gasteiger partial charge in [-0.3, -0.25) is 5.10 Å². The fourth-order valence-corrected chi connectivity index (χ4v) is 2.75. The molecule has 2 aromatic heterocycles. The van der Waals surface area contributed by atoms with Crippen LogP contribution in [0.25, 0.3) is 11.5 Å². The molecule has 6 heteroatoms. The van der Waals surface area contributed by atoms with Crippen LogP contribution in [0, 0.1) is 0 Å². The SMILES string of the molecule is CC1(c2noc(-c3cn[nH]c3C3CCOCC3)n2)CC1. The standard InChI is InChI=1S/C14H18N4O2/c1-14(4-5-14)13-16-12(20-18-13)10-8-15-17-11(10)9-2-6-19-7-3-9/h8-9H,2-7H2,1H3,(H,15,17). The van der Waals surface area contributed by atoms with Gasteiger partial charge in [0.25, 0.3) is 5.89 Å². The fourth-order valence-electron chi connectivity index (χ4n) is 2.75. The van der Waals surface area contributed by atoms with E-state index in [1.165, 1.54) is 0 Å². The zero-order valence-corrected chi connectivity index (χ0v) is 11.6. The first-order chi connectivity index (χ1) is 9.76. The van der Waals surface area contributed by atoms with Gasteiger partial charge in [0.05, 0.1) is 17.5 Å². The van der Waals surface area contributed by atoms with Crippen LogP contribution in [0.5, 0.6) is 0 Å². The predicted octanol–water partition coefficient (Wildman–Crippen LogP) is 2.41. The molecule has 0 unspecified atom stereocenters. The number of hydrogen-bond donors (Lipinski definition) is 1. The number of rotatable bonds is 3. The van der Waals surface area contributed by atoms with Crippen molar-refractivity contribution in [1.29, 1.82) is 0 Å². The Morgan fingerprint density at radius 2 is 2.10 bits per heavy atom. The van der Waals surface area contributed by atoms with Crippen molar-refractivity contribution in [2.75, 3.05) is 13.2 Å². The summed E-state index contributed by atoms with van der Waals surface area (Å²) in [7, 11) is 0. The number of aromatic nitrogens is 4. The van der Waals surface area contributed by atoms with Crippen LogP contribution in [-0.2, 0) is 10.2 Å². The van der Waals surface area contributed by atoms with E-state index in [1.807, 2.05) is 0 Å². The second-order valence-corrected chi connectivity index (χ2v) is 6.07. The first kappa shape index (κ1) is 12.1. The molecule has 0 aromatic carbocycles. The third kappa shape index (κ3) is 1.95. The van der Waals surface area contributed by atoms with Crippen molar-refractivity contribution in [2.24, 2.45) is 0 Å². The number of nitrogens with zero attached hydrogens (tertiary/aromatic N) is 3. The minimum absolute atomic E-state index is 0.129. The van der Waals surface area contributed by atoms with Gasteiger partial charge in [0.15, 0.2) is 5.82 Å². The van der Waals surface area contributed by atoms with Crippen LogP contribution in [0.2, 0.25) is 0 Å². The van der Waals surface area contributed by atoms with Gasteiger partial charge >= 0.3 is 0 Å². The van der Waals surface area contributed by atoms with Gasteiger partial charge in [0.2, 0.25) is 0 Å². The summed E-state index contributed by atoms with van der Waals surface area (Å²) in [5.74, 6) is 1.85. The predicted molar refractivity (Wildman–Crippen MR) is 71.3 cm³/mol. The van der Waals surface area contributed by atoms with Crippen molar-refractivity contribution in [1.82, 2.24) is 20.3 Å². The van der Waals surface area contributed by atoms with E-state index < -0.39 is 0 Å². The van der Waals surface area contributed by atoms with Crippen LogP contribution in [-0.4, -0.2) is 33.6 Å². The highest BCUT2D eigenvalue weighted by Crippen LogP contribution is 2.46. The highest BCUT2D eigenvalue weighted by Gasteiger charge is 2.43. The topological polar surface area (TPSA) is 76.8 Å². The Morgan fingerprint density at radius 1 is 1.30 bits per heavy atom. The second kappa shape index (κ2) is 4.41. The van der Waals surface area contributed by atoms with Gasteiger partial charge in [0.1, 0.15) is 0 Å². The van der Waals surface area contributed by atoms with E-state index in [0.29, 0.717) is 11.8 Å². The van der Waals surface area contributed by atoms with Gasteiger partial charge in [-0.1, -0.05) is 12.1 Å². The van der Waals surface area contributed by atoms with Crippen molar-refractivity contribution in [3.05, 3.63) is 17.7 Å². The molecule has 0 amide bonds. The van der Waals surface area contributed by atoms with Crippen molar-refractivity contribution in [3.63, 3.8) is 0 Å². The Kier molecular flexibility index (Phi) is 2.66. The normalized spacial score (nSPS) is 22.1. The number of H-pyrrole nitrogens is 1. The maximum absolute atomic E-state index is 5.45. The second-order valence-electron chi connectivity index (χ2n) is 6.07. The molecule has 6 nitrogen and oxygen atoms in total. The van der Waals surface area contributed by atoms with Gasteiger partial charge in [0, 0.05) is 24.5 Å². The quantitative estimate of drug-likeness (QED) is 0.930. The van der Waals surface area contributed by atoms with Crippen LogP contribution in [0.1, 0.15) is 50.0 Å². The Labute approximate surface area is 116 Å². The minimum atomic E-state index is 0.129. The summed E-state index contributed by atoms with van der Waals surface area (Å²) in [5.41, 5.74) is 2.17. The zero-order chi connectivity index (χ0) is 13.6. The van der Waals surface area contributed by atoms with Gasteiger partial charge in [-0.2, -0.15) is 10.1 Å². The summed E-state index contributed by atoms with van der Waals surface area (Å²) in [6, 6.07) is 0. The van der Waals surface area contributed by atoms with E-state index in [-0.39, 0.29) is 5.41 Å². The molecular formula is C14H18N4O2. The molecule has 1 aliphatic carbocycles. The molecule has 3 heterocycles. The van der Waals surface area contributed by atoms with Crippen LogP contribution in [0.4, 0.5) is 0 Å². The number of nitrogens with one attached hydrogen (secondary N) is 1. The van der Waals surface area contributed by atoms with E-state index in [4.69, 9.17) is 9.26 Å².